The van der Waals surface area contributed by atoms with E-state index in [0.29, 0.717) is 18.0 Å². The summed E-state index contributed by atoms with van der Waals surface area (Å²) in [5, 5.41) is 12.9. The van der Waals surface area contributed by atoms with Gasteiger partial charge in [0.15, 0.2) is 0 Å². The molecule has 26 heavy (non-hydrogen) atoms. The van der Waals surface area contributed by atoms with Crippen molar-refractivity contribution in [2.45, 2.75) is 19.8 Å². The van der Waals surface area contributed by atoms with E-state index in [1.165, 1.54) is 0 Å². The quantitative estimate of drug-likeness (QED) is 0.357. The topological polar surface area (TPSA) is 79.4 Å². The maximum atomic E-state index is 12.2. The first kappa shape index (κ1) is 17.9. The average molecular weight is 368 g/mol. The third-order valence-electron chi connectivity index (χ3n) is 3.64. The first-order valence-corrected chi connectivity index (χ1v) is 9.30. The Morgan fingerprint density at radius 3 is 3.04 bits per heavy atom. The van der Waals surface area contributed by atoms with Crippen LogP contribution in [0.3, 0.4) is 0 Å². The molecule has 3 rings (SSSR count). The zero-order chi connectivity index (χ0) is 18.2. The lowest BCUT2D eigenvalue weighted by atomic mass is 10.1. The van der Waals surface area contributed by atoms with Crippen molar-refractivity contribution in [2.75, 3.05) is 6.61 Å². The van der Waals surface area contributed by atoms with Crippen LogP contribution in [0.1, 0.15) is 35.1 Å². The van der Waals surface area contributed by atoms with Crippen LogP contribution in [0.15, 0.2) is 52.9 Å². The van der Waals surface area contributed by atoms with E-state index in [2.05, 4.69) is 27.6 Å². The molecule has 0 spiro atoms. The third-order valence-corrected chi connectivity index (χ3v) is 4.45. The second kappa shape index (κ2) is 8.96. The fourth-order valence-corrected chi connectivity index (χ4v) is 2.87. The Morgan fingerprint density at radius 2 is 2.23 bits per heavy atom. The van der Waals surface area contributed by atoms with Crippen molar-refractivity contribution in [3.8, 4) is 17.0 Å². The highest BCUT2D eigenvalue weighted by Crippen LogP contribution is 2.28. The number of ether oxygens (including phenoxy) is 1. The van der Waals surface area contributed by atoms with Crippen LogP contribution >= 0.6 is 11.3 Å². The summed E-state index contributed by atoms with van der Waals surface area (Å²) in [7, 11) is 0. The van der Waals surface area contributed by atoms with Crippen LogP contribution in [0.5, 0.6) is 5.75 Å². The number of nitrogens with one attached hydrogen (secondary N) is 2. The lowest BCUT2D eigenvalue weighted by Gasteiger charge is -2.09. The number of carbonyl (C=O) groups is 1. The van der Waals surface area contributed by atoms with Crippen molar-refractivity contribution < 1.29 is 9.53 Å². The summed E-state index contributed by atoms with van der Waals surface area (Å²) in [6, 6.07) is 13.2. The van der Waals surface area contributed by atoms with Crippen LogP contribution in [0.2, 0.25) is 0 Å². The first-order valence-electron chi connectivity index (χ1n) is 8.42. The fraction of sp³-hybridized carbons (Fsp3) is 0.211. The third kappa shape index (κ3) is 4.58. The van der Waals surface area contributed by atoms with E-state index in [0.717, 1.165) is 29.0 Å². The van der Waals surface area contributed by atoms with E-state index in [1.54, 1.807) is 23.6 Å². The van der Waals surface area contributed by atoms with Gasteiger partial charge in [-0.1, -0.05) is 31.5 Å². The highest BCUT2D eigenvalue weighted by molar-refractivity contribution is 7.11. The Hall–Kier alpha value is -2.93. The van der Waals surface area contributed by atoms with Crippen LogP contribution in [0.25, 0.3) is 11.3 Å². The number of benzene rings is 1. The smallest absolute Gasteiger partial charge is 0.289 e. The number of amides is 1. The molecule has 0 aliphatic rings. The van der Waals surface area contributed by atoms with Gasteiger partial charge in [-0.2, -0.15) is 10.2 Å². The number of H-pyrrole nitrogens is 1. The zero-order valence-electron chi connectivity index (χ0n) is 14.4. The number of para-hydroxylation sites is 1. The maximum absolute atomic E-state index is 12.2. The summed E-state index contributed by atoms with van der Waals surface area (Å²) in [6.07, 6.45) is 3.67. The van der Waals surface area contributed by atoms with Gasteiger partial charge in [-0.3, -0.25) is 9.89 Å². The second-order valence-electron chi connectivity index (χ2n) is 5.58. The largest absolute Gasteiger partial charge is 0.493 e. The molecule has 2 N–H and O–H groups in total. The van der Waals surface area contributed by atoms with Gasteiger partial charge in [-0.25, -0.2) is 5.43 Å². The molecule has 0 bridgehead atoms. The Morgan fingerprint density at radius 1 is 1.35 bits per heavy atom. The number of hydrazone groups is 1. The number of hydrogen-bond acceptors (Lipinski definition) is 5. The molecule has 7 heteroatoms. The second-order valence-corrected chi connectivity index (χ2v) is 6.56. The Labute approximate surface area is 155 Å². The molecule has 0 atom stereocenters. The lowest BCUT2D eigenvalue weighted by molar-refractivity contribution is 0.0950. The number of rotatable bonds is 8. The number of nitrogens with zero attached hydrogens (tertiary/aromatic N) is 2. The zero-order valence-corrected chi connectivity index (χ0v) is 15.3. The van der Waals surface area contributed by atoms with Crippen molar-refractivity contribution in [2.24, 2.45) is 5.10 Å². The van der Waals surface area contributed by atoms with Gasteiger partial charge < -0.3 is 4.74 Å². The Balaban J connectivity index is 1.68. The van der Waals surface area contributed by atoms with Gasteiger partial charge in [0.25, 0.3) is 5.91 Å². The number of aromatic nitrogens is 2. The number of thiophene rings is 1. The van der Waals surface area contributed by atoms with Crippen molar-refractivity contribution >= 4 is 23.5 Å². The van der Waals surface area contributed by atoms with Gasteiger partial charge >= 0.3 is 0 Å². The van der Waals surface area contributed by atoms with Crippen molar-refractivity contribution in [1.82, 2.24) is 15.6 Å². The number of aromatic amines is 1. The maximum Gasteiger partial charge on any atom is 0.289 e. The lowest BCUT2D eigenvalue weighted by Crippen LogP contribution is -2.17. The molecular formula is C19H20N4O2S. The summed E-state index contributed by atoms with van der Waals surface area (Å²) in [6.45, 7) is 2.78. The number of unbranched alkanes of at least 4 members (excludes halogenated alkanes) is 1. The summed E-state index contributed by atoms with van der Waals surface area (Å²) in [5.74, 6) is 0.413. The van der Waals surface area contributed by atoms with E-state index in [9.17, 15) is 4.79 Å². The molecule has 134 valence electrons. The first-order chi connectivity index (χ1) is 12.8. The normalized spacial score (nSPS) is 11.0. The van der Waals surface area contributed by atoms with Crippen LogP contribution in [-0.4, -0.2) is 28.9 Å². The molecule has 3 aromatic rings. The minimum atomic E-state index is -0.346. The molecule has 1 amide bonds. The number of carbonyl (C=O) groups excluding carboxylic acids is 1. The SMILES string of the molecule is CCCCOc1ccccc1-c1cc(C(=O)N/N=C\c2cccs2)[nH]n1. The minimum Gasteiger partial charge on any atom is -0.493 e. The van der Waals surface area contributed by atoms with E-state index in [1.807, 2.05) is 41.8 Å². The molecule has 0 saturated heterocycles. The highest BCUT2D eigenvalue weighted by Gasteiger charge is 2.13. The van der Waals surface area contributed by atoms with Gasteiger partial charge in [-0.15, -0.1) is 11.3 Å². The monoisotopic (exact) mass is 368 g/mol. The van der Waals surface area contributed by atoms with Gasteiger partial charge in [0, 0.05) is 10.4 Å². The molecule has 2 heterocycles. The van der Waals surface area contributed by atoms with Gasteiger partial charge in [0.1, 0.15) is 11.4 Å². The highest BCUT2D eigenvalue weighted by atomic mass is 32.1. The van der Waals surface area contributed by atoms with E-state index in [4.69, 9.17) is 4.74 Å². The van der Waals surface area contributed by atoms with Gasteiger partial charge in [0.05, 0.1) is 18.5 Å². The Bertz CT molecular complexity index is 871. The molecule has 0 aliphatic carbocycles. The summed E-state index contributed by atoms with van der Waals surface area (Å²) in [4.78, 5) is 13.2. The van der Waals surface area contributed by atoms with Crippen molar-refractivity contribution in [3.05, 3.63) is 58.4 Å². The number of hydrogen-bond donors (Lipinski definition) is 2. The molecule has 0 fully saturated rings. The Kier molecular flexibility index (Phi) is 6.16. The van der Waals surface area contributed by atoms with Crippen LogP contribution < -0.4 is 10.2 Å². The van der Waals surface area contributed by atoms with Gasteiger partial charge in [0.2, 0.25) is 0 Å². The van der Waals surface area contributed by atoms with Gasteiger partial charge in [-0.05, 0) is 36.1 Å². The minimum absolute atomic E-state index is 0.340. The average Bonchev–Trinajstić information content (AvgIpc) is 3.34. The molecule has 6 nitrogen and oxygen atoms in total. The molecule has 0 unspecified atom stereocenters. The van der Waals surface area contributed by atoms with Crippen LogP contribution in [0, 0.1) is 0 Å². The fourth-order valence-electron chi connectivity index (χ4n) is 2.29. The molecular weight excluding hydrogens is 348 g/mol. The van der Waals surface area contributed by atoms with Crippen molar-refractivity contribution in [1.29, 1.82) is 0 Å². The van der Waals surface area contributed by atoms with Crippen molar-refractivity contribution in [3.63, 3.8) is 0 Å². The molecule has 1 aromatic carbocycles. The van der Waals surface area contributed by atoms with E-state index in [-0.39, 0.29) is 5.91 Å². The predicted molar refractivity (Wildman–Crippen MR) is 104 cm³/mol. The van der Waals surface area contributed by atoms with E-state index < -0.39 is 0 Å². The molecule has 2 aromatic heterocycles. The molecule has 0 aliphatic heterocycles. The summed E-state index contributed by atoms with van der Waals surface area (Å²) >= 11 is 1.55. The molecule has 0 saturated carbocycles. The van der Waals surface area contributed by atoms with E-state index >= 15 is 0 Å². The predicted octanol–water partition coefficient (Wildman–Crippen LogP) is 4.08. The van der Waals surface area contributed by atoms with Crippen LogP contribution in [0.4, 0.5) is 0 Å². The summed E-state index contributed by atoms with van der Waals surface area (Å²) < 4.78 is 5.83. The summed E-state index contributed by atoms with van der Waals surface area (Å²) in [5.41, 5.74) is 4.34. The standard InChI is InChI=1S/C19H20N4O2S/c1-2-3-10-25-18-9-5-4-8-15(18)16-12-17(22-21-16)19(24)23-20-13-14-7-6-11-26-14/h4-9,11-13H,2-3,10H2,1H3,(H,21,22)(H,23,24)/b20-13-. The molecule has 0 radical (unpaired) electrons. The van der Waals surface area contributed by atoms with Crippen LogP contribution in [-0.2, 0) is 0 Å².